The van der Waals surface area contributed by atoms with Crippen molar-refractivity contribution in [1.29, 1.82) is 0 Å². The Hall–Kier alpha value is -2.84. The number of amides is 2. The second-order valence-corrected chi connectivity index (χ2v) is 4.35. The quantitative estimate of drug-likeness (QED) is 0.800. The van der Waals surface area contributed by atoms with E-state index in [9.17, 15) is 23.2 Å². The van der Waals surface area contributed by atoms with Crippen molar-refractivity contribution in [3.63, 3.8) is 0 Å². The number of halogens is 2. The van der Waals surface area contributed by atoms with Gasteiger partial charge < -0.3 is 10.1 Å². The van der Waals surface area contributed by atoms with E-state index in [-0.39, 0.29) is 30.1 Å². The maximum Gasteiger partial charge on any atom is 0.355 e. The predicted octanol–water partition coefficient (Wildman–Crippen LogP) is 0.712. The van der Waals surface area contributed by atoms with Crippen molar-refractivity contribution < 1.29 is 27.9 Å². The van der Waals surface area contributed by atoms with Crippen molar-refractivity contribution >= 4 is 29.2 Å². The van der Waals surface area contributed by atoms with E-state index in [2.05, 4.69) is 15.8 Å². The molecule has 0 fully saturated rings. The molecule has 0 bridgehead atoms. The molecule has 2 amide bonds. The van der Waals surface area contributed by atoms with Gasteiger partial charge in [0.1, 0.15) is 5.71 Å². The fourth-order valence-corrected chi connectivity index (χ4v) is 1.61. The zero-order valence-electron chi connectivity index (χ0n) is 11.2. The van der Waals surface area contributed by atoms with Crippen LogP contribution in [-0.2, 0) is 19.1 Å². The fourth-order valence-electron chi connectivity index (χ4n) is 1.61. The van der Waals surface area contributed by atoms with E-state index in [0.717, 1.165) is 12.1 Å². The second kappa shape index (κ2) is 6.74. The van der Waals surface area contributed by atoms with Crippen LogP contribution in [0.25, 0.3) is 0 Å². The molecular weight excluding hydrogens is 300 g/mol. The molecule has 0 radical (unpaired) electrons. The first-order chi connectivity index (χ1) is 10.5. The smallest absolute Gasteiger partial charge is 0.355 e. The molecule has 0 atom stereocenters. The number of hydrogen-bond acceptors (Lipinski definition) is 5. The third-order valence-electron chi connectivity index (χ3n) is 2.68. The van der Waals surface area contributed by atoms with Crippen LogP contribution in [-0.4, -0.2) is 30.1 Å². The number of anilines is 1. The van der Waals surface area contributed by atoms with Crippen LogP contribution in [0.1, 0.15) is 12.8 Å². The highest BCUT2D eigenvalue weighted by atomic mass is 19.2. The van der Waals surface area contributed by atoms with Crippen LogP contribution in [0, 0.1) is 11.6 Å². The summed E-state index contributed by atoms with van der Waals surface area (Å²) in [4.78, 5) is 34.0. The van der Waals surface area contributed by atoms with Gasteiger partial charge in [0.25, 0.3) is 5.91 Å². The summed E-state index contributed by atoms with van der Waals surface area (Å²) >= 11 is 0. The lowest BCUT2D eigenvalue weighted by Crippen LogP contribution is -2.32. The van der Waals surface area contributed by atoms with Gasteiger partial charge in [-0.3, -0.25) is 9.59 Å². The molecule has 9 heteroatoms. The molecular formula is C13H11F2N3O4. The van der Waals surface area contributed by atoms with Crippen molar-refractivity contribution in [2.75, 3.05) is 11.9 Å². The van der Waals surface area contributed by atoms with Crippen molar-refractivity contribution in [3.8, 4) is 0 Å². The number of benzene rings is 1. The molecule has 116 valence electrons. The first-order valence-corrected chi connectivity index (χ1v) is 6.23. The molecule has 0 saturated carbocycles. The van der Waals surface area contributed by atoms with Crippen LogP contribution in [0.2, 0.25) is 0 Å². The molecule has 0 saturated heterocycles. The molecule has 1 aliphatic heterocycles. The lowest BCUT2D eigenvalue weighted by atomic mass is 10.2. The summed E-state index contributed by atoms with van der Waals surface area (Å²) < 4.78 is 30.4. The molecule has 2 rings (SSSR count). The lowest BCUT2D eigenvalue weighted by Gasteiger charge is -2.11. The number of hydrogen-bond donors (Lipinski definition) is 2. The maximum atomic E-state index is 13.0. The normalized spacial score (nSPS) is 13.9. The van der Waals surface area contributed by atoms with Crippen LogP contribution in [0.3, 0.4) is 0 Å². The zero-order valence-corrected chi connectivity index (χ0v) is 11.2. The Kier molecular flexibility index (Phi) is 4.77. The Bertz CT molecular complexity index is 661. The summed E-state index contributed by atoms with van der Waals surface area (Å²) in [6, 6.07) is 2.82. The average molecular weight is 311 g/mol. The molecule has 0 spiro atoms. The molecule has 0 aromatic heterocycles. The monoisotopic (exact) mass is 311 g/mol. The summed E-state index contributed by atoms with van der Waals surface area (Å²) in [5.41, 5.74) is 2.15. The van der Waals surface area contributed by atoms with Crippen LogP contribution >= 0.6 is 0 Å². The number of ether oxygens (including phenoxy) is 1. The average Bonchev–Trinajstić information content (AvgIpc) is 2.49. The van der Waals surface area contributed by atoms with E-state index < -0.39 is 30.1 Å². The highest BCUT2D eigenvalue weighted by molar-refractivity contribution is 6.37. The molecule has 1 aromatic rings. The Morgan fingerprint density at radius 2 is 2.05 bits per heavy atom. The first kappa shape index (κ1) is 15.5. The van der Waals surface area contributed by atoms with E-state index in [1.807, 2.05) is 0 Å². The van der Waals surface area contributed by atoms with Gasteiger partial charge in [-0.15, -0.1) is 0 Å². The standard InChI is InChI=1S/C13H11F2N3O4/c14-8-2-1-7(5-9(8)15)16-12(20)6-22-13(21)10-3-4-11(19)18-17-10/h1-2,5H,3-4,6H2,(H,16,20)(H,18,19). The predicted molar refractivity (Wildman–Crippen MR) is 70.8 cm³/mol. The van der Waals surface area contributed by atoms with E-state index in [4.69, 9.17) is 4.74 Å². The summed E-state index contributed by atoms with van der Waals surface area (Å²) in [6.07, 6.45) is 0.227. The van der Waals surface area contributed by atoms with Gasteiger partial charge in [-0.1, -0.05) is 0 Å². The SMILES string of the molecule is O=C1CCC(C(=O)OCC(=O)Nc2ccc(F)c(F)c2)=NN1. The van der Waals surface area contributed by atoms with Crippen molar-refractivity contribution in [2.24, 2.45) is 5.10 Å². The Morgan fingerprint density at radius 1 is 1.27 bits per heavy atom. The van der Waals surface area contributed by atoms with Crippen LogP contribution in [0.4, 0.5) is 14.5 Å². The topological polar surface area (TPSA) is 96.9 Å². The van der Waals surface area contributed by atoms with Crippen molar-refractivity contribution in [2.45, 2.75) is 12.8 Å². The molecule has 1 heterocycles. The van der Waals surface area contributed by atoms with Crippen LogP contribution < -0.4 is 10.7 Å². The minimum atomic E-state index is -1.11. The third-order valence-corrected chi connectivity index (χ3v) is 2.68. The zero-order chi connectivity index (χ0) is 16.1. The number of rotatable bonds is 4. The highest BCUT2D eigenvalue weighted by Gasteiger charge is 2.20. The van der Waals surface area contributed by atoms with E-state index in [0.29, 0.717) is 0 Å². The molecule has 0 unspecified atom stereocenters. The van der Waals surface area contributed by atoms with Gasteiger partial charge >= 0.3 is 5.97 Å². The van der Waals surface area contributed by atoms with Gasteiger partial charge in [0.2, 0.25) is 5.91 Å². The number of nitrogens with zero attached hydrogens (tertiary/aromatic N) is 1. The van der Waals surface area contributed by atoms with Crippen molar-refractivity contribution in [3.05, 3.63) is 29.8 Å². The maximum absolute atomic E-state index is 13.0. The van der Waals surface area contributed by atoms with Gasteiger partial charge in [0.15, 0.2) is 18.2 Å². The summed E-state index contributed by atoms with van der Waals surface area (Å²) in [5, 5.41) is 5.76. The fraction of sp³-hybridized carbons (Fsp3) is 0.231. The minimum Gasteiger partial charge on any atom is -0.451 e. The Morgan fingerprint density at radius 3 is 2.68 bits per heavy atom. The Balaban J connectivity index is 1.83. The number of carbonyl (C=O) groups excluding carboxylic acids is 3. The number of carbonyl (C=O) groups is 3. The third kappa shape index (κ3) is 4.08. The summed E-state index contributed by atoms with van der Waals surface area (Å²) in [7, 11) is 0. The number of nitrogens with one attached hydrogen (secondary N) is 2. The van der Waals surface area contributed by atoms with Gasteiger partial charge in [-0.2, -0.15) is 5.10 Å². The molecule has 7 nitrogen and oxygen atoms in total. The molecule has 22 heavy (non-hydrogen) atoms. The largest absolute Gasteiger partial charge is 0.451 e. The number of esters is 1. The molecule has 1 aliphatic rings. The second-order valence-electron chi connectivity index (χ2n) is 4.35. The van der Waals surface area contributed by atoms with Gasteiger partial charge in [-0.05, 0) is 12.1 Å². The van der Waals surface area contributed by atoms with E-state index in [1.165, 1.54) is 6.07 Å². The molecule has 0 aliphatic carbocycles. The Labute approximate surface area is 123 Å². The van der Waals surface area contributed by atoms with Gasteiger partial charge in [0, 0.05) is 24.6 Å². The van der Waals surface area contributed by atoms with Gasteiger partial charge in [-0.25, -0.2) is 19.0 Å². The minimum absolute atomic E-state index is 0.000210. The highest BCUT2D eigenvalue weighted by Crippen LogP contribution is 2.12. The van der Waals surface area contributed by atoms with E-state index in [1.54, 1.807) is 0 Å². The summed E-state index contributed by atoms with van der Waals surface area (Å²) in [6.45, 7) is -0.620. The lowest BCUT2D eigenvalue weighted by molar-refractivity contribution is -0.140. The summed E-state index contributed by atoms with van der Waals surface area (Å²) in [5.74, 6) is -4.02. The first-order valence-electron chi connectivity index (χ1n) is 6.23. The van der Waals surface area contributed by atoms with Gasteiger partial charge in [0.05, 0.1) is 0 Å². The van der Waals surface area contributed by atoms with Crippen molar-refractivity contribution in [1.82, 2.24) is 5.43 Å². The number of hydrazone groups is 1. The van der Waals surface area contributed by atoms with Crippen LogP contribution in [0.5, 0.6) is 0 Å². The molecule has 2 N–H and O–H groups in total. The van der Waals surface area contributed by atoms with Crippen LogP contribution in [0.15, 0.2) is 23.3 Å². The molecule has 1 aromatic carbocycles. The van der Waals surface area contributed by atoms with E-state index >= 15 is 0 Å².